The fourth-order valence-corrected chi connectivity index (χ4v) is 1.45. The van der Waals surface area contributed by atoms with E-state index >= 15 is 0 Å². The lowest BCUT2D eigenvalue weighted by Gasteiger charge is -2.07. The number of halogens is 1. The van der Waals surface area contributed by atoms with Gasteiger partial charge in [-0.3, -0.25) is 0 Å². The SMILES string of the molecule is CNC1=C(C)CC=CC=C1Cl. The Bertz CT molecular complexity index is 236. The second-order valence-electron chi connectivity index (χ2n) is 2.55. The van der Waals surface area contributed by atoms with Crippen LogP contribution >= 0.6 is 11.6 Å². The lowest BCUT2D eigenvalue weighted by molar-refractivity contribution is 0.975. The number of allylic oxidation sites excluding steroid dienone is 5. The molecule has 1 N–H and O–H groups in total. The highest BCUT2D eigenvalue weighted by molar-refractivity contribution is 6.32. The van der Waals surface area contributed by atoms with Gasteiger partial charge in [0.2, 0.25) is 0 Å². The quantitative estimate of drug-likeness (QED) is 0.636. The van der Waals surface area contributed by atoms with Gasteiger partial charge < -0.3 is 5.32 Å². The molecule has 1 nitrogen and oxygen atoms in total. The van der Waals surface area contributed by atoms with Crippen molar-refractivity contribution in [2.45, 2.75) is 13.3 Å². The van der Waals surface area contributed by atoms with E-state index in [1.165, 1.54) is 5.57 Å². The van der Waals surface area contributed by atoms with Crippen LogP contribution in [-0.4, -0.2) is 7.05 Å². The smallest absolute Gasteiger partial charge is 0.0636 e. The standard InChI is InChI=1S/C9H12ClN/c1-7-5-3-4-6-8(10)9(7)11-2/h3-4,6,11H,5H2,1-2H3. The van der Waals surface area contributed by atoms with Gasteiger partial charge in [-0.05, 0) is 25.0 Å². The van der Waals surface area contributed by atoms with Gasteiger partial charge in [-0.25, -0.2) is 0 Å². The van der Waals surface area contributed by atoms with Crippen molar-refractivity contribution in [1.82, 2.24) is 5.32 Å². The van der Waals surface area contributed by atoms with E-state index in [4.69, 9.17) is 11.6 Å². The van der Waals surface area contributed by atoms with E-state index in [9.17, 15) is 0 Å². The number of rotatable bonds is 1. The Balaban J connectivity index is 2.99. The van der Waals surface area contributed by atoms with E-state index < -0.39 is 0 Å². The first kappa shape index (κ1) is 8.41. The van der Waals surface area contributed by atoms with Gasteiger partial charge in [-0.2, -0.15) is 0 Å². The summed E-state index contributed by atoms with van der Waals surface area (Å²) >= 11 is 5.97. The van der Waals surface area contributed by atoms with Gasteiger partial charge in [0.05, 0.1) is 10.7 Å². The van der Waals surface area contributed by atoms with Crippen molar-refractivity contribution in [1.29, 1.82) is 0 Å². The van der Waals surface area contributed by atoms with Crippen LogP contribution in [0.3, 0.4) is 0 Å². The summed E-state index contributed by atoms with van der Waals surface area (Å²) in [7, 11) is 1.89. The maximum Gasteiger partial charge on any atom is 0.0636 e. The molecule has 0 atom stereocenters. The zero-order valence-corrected chi connectivity index (χ0v) is 7.57. The van der Waals surface area contributed by atoms with Crippen molar-refractivity contribution in [3.05, 3.63) is 34.5 Å². The van der Waals surface area contributed by atoms with Crippen LogP contribution in [-0.2, 0) is 0 Å². The molecule has 2 heteroatoms. The summed E-state index contributed by atoms with van der Waals surface area (Å²) in [6.45, 7) is 2.08. The Kier molecular flexibility index (Phi) is 2.77. The Labute approximate surface area is 72.4 Å². The first-order chi connectivity index (χ1) is 5.25. The van der Waals surface area contributed by atoms with Crippen LogP contribution in [0.2, 0.25) is 0 Å². The highest BCUT2D eigenvalue weighted by atomic mass is 35.5. The molecular weight excluding hydrogens is 158 g/mol. The third-order valence-electron chi connectivity index (χ3n) is 1.72. The molecular formula is C9H12ClN. The Morgan fingerprint density at radius 2 is 2.27 bits per heavy atom. The topological polar surface area (TPSA) is 12.0 Å². The first-order valence-corrected chi connectivity index (χ1v) is 4.03. The molecule has 0 aromatic heterocycles. The zero-order chi connectivity index (χ0) is 8.27. The van der Waals surface area contributed by atoms with E-state index in [1.807, 2.05) is 19.2 Å². The summed E-state index contributed by atoms with van der Waals surface area (Å²) in [5.41, 5.74) is 2.33. The third-order valence-corrected chi connectivity index (χ3v) is 2.03. The van der Waals surface area contributed by atoms with Crippen LogP contribution in [0.1, 0.15) is 13.3 Å². The van der Waals surface area contributed by atoms with Crippen LogP contribution in [0.25, 0.3) is 0 Å². The van der Waals surface area contributed by atoms with Gasteiger partial charge in [0.1, 0.15) is 0 Å². The summed E-state index contributed by atoms with van der Waals surface area (Å²) in [6, 6.07) is 0. The average molecular weight is 170 g/mol. The highest BCUT2D eigenvalue weighted by Gasteiger charge is 2.04. The predicted molar refractivity (Wildman–Crippen MR) is 49.5 cm³/mol. The largest absolute Gasteiger partial charge is 0.387 e. The second kappa shape index (κ2) is 3.63. The summed E-state index contributed by atoms with van der Waals surface area (Å²) < 4.78 is 0. The van der Waals surface area contributed by atoms with E-state index in [0.717, 1.165) is 17.2 Å². The van der Waals surface area contributed by atoms with Gasteiger partial charge in [0.15, 0.2) is 0 Å². The van der Waals surface area contributed by atoms with Crippen molar-refractivity contribution in [2.24, 2.45) is 0 Å². The minimum Gasteiger partial charge on any atom is -0.387 e. The molecule has 1 aliphatic rings. The fourth-order valence-electron chi connectivity index (χ4n) is 1.12. The molecule has 11 heavy (non-hydrogen) atoms. The molecule has 0 radical (unpaired) electrons. The van der Waals surface area contributed by atoms with Crippen LogP contribution in [0.15, 0.2) is 34.5 Å². The molecule has 0 amide bonds. The van der Waals surface area contributed by atoms with Gasteiger partial charge in [0, 0.05) is 7.05 Å². The summed E-state index contributed by atoms with van der Waals surface area (Å²) in [4.78, 5) is 0. The molecule has 0 bridgehead atoms. The molecule has 0 aromatic carbocycles. The number of hydrogen-bond donors (Lipinski definition) is 1. The molecule has 1 rings (SSSR count). The molecule has 0 unspecified atom stereocenters. The monoisotopic (exact) mass is 169 g/mol. The number of hydrogen-bond acceptors (Lipinski definition) is 1. The molecule has 0 spiro atoms. The summed E-state index contributed by atoms with van der Waals surface area (Å²) in [6.07, 6.45) is 6.96. The lowest BCUT2D eigenvalue weighted by Crippen LogP contribution is -2.07. The third kappa shape index (κ3) is 1.87. The van der Waals surface area contributed by atoms with Crippen LogP contribution in [0, 0.1) is 0 Å². The zero-order valence-electron chi connectivity index (χ0n) is 6.82. The first-order valence-electron chi connectivity index (χ1n) is 3.66. The fraction of sp³-hybridized carbons (Fsp3) is 0.333. The molecule has 0 saturated heterocycles. The predicted octanol–water partition coefficient (Wildman–Crippen LogP) is 2.56. The minimum atomic E-state index is 0.791. The van der Waals surface area contributed by atoms with Crippen molar-refractivity contribution >= 4 is 11.6 Å². The van der Waals surface area contributed by atoms with Gasteiger partial charge in [0.25, 0.3) is 0 Å². The van der Waals surface area contributed by atoms with Crippen LogP contribution in [0.5, 0.6) is 0 Å². The van der Waals surface area contributed by atoms with Gasteiger partial charge >= 0.3 is 0 Å². The Hall–Kier alpha value is -0.690. The van der Waals surface area contributed by atoms with Crippen molar-refractivity contribution < 1.29 is 0 Å². The van der Waals surface area contributed by atoms with Crippen LogP contribution < -0.4 is 5.32 Å². The van der Waals surface area contributed by atoms with Crippen molar-refractivity contribution in [3.63, 3.8) is 0 Å². The van der Waals surface area contributed by atoms with E-state index in [0.29, 0.717) is 0 Å². The molecule has 60 valence electrons. The number of nitrogens with one attached hydrogen (secondary N) is 1. The highest BCUT2D eigenvalue weighted by Crippen LogP contribution is 2.20. The van der Waals surface area contributed by atoms with Crippen molar-refractivity contribution in [3.8, 4) is 0 Å². The lowest BCUT2D eigenvalue weighted by atomic mass is 10.2. The molecule has 0 aliphatic heterocycles. The van der Waals surface area contributed by atoms with Gasteiger partial charge in [-0.1, -0.05) is 23.8 Å². The Morgan fingerprint density at radius 1 is 1.55 bits per heavy atom. The number of likely N-dealkylation sites (N-methyl/N-ethyl adjacent to an activating group) is 1. The van der Waals surface area contributed by atoms with Crippen LogP contribution in [0.4, 0.5) is 0 Å². The van der Waals surface area contributed by atoms with E-state index in [1.54, 1.807) is 0 Å². The van der Waals surface area contributed by atoms with Crippen molar-refractivity contribution in [2.75, 3.05) is 7.05 Å². The maximum absolute atomic E-state index is 5.97. The molecule has 0 aromatic rings. The average Bonchev–Trinajstić information content (AvgIpc) is 2.12. The van der Waals surface area contributed by atoms with E-state index in [2.05, 4.69) is 18.3 Å². The molecule has 1 aliphatic carbocycles. The van der Waals surface area contributed by atoms with E-state index in [-0.39, 0.29) is 0 Å². The maximum atomic E-state index is 5.97. The molecule has 0 saturated carbocycles. The summed E-state index contributed by atoms with van der Waals surface area (Å²) in [5, 5.41) is 3.87. The minimum absolute atomic E-state index is 0.791. The second-order valence-corrected chi connectivity index (χ2v) is 2.96. The van der Waals surface area contributed by atoms with Gasteiger partial charge in [-0.15, -0.1) is 0 Å². The summed E-state index contributed by atoms with van der Waals surface area (Å²) in [5.74, 6) is 0. The Morgan fingerprint density at radius 3 is 2.91 bits per heavy atom. The molecule has 0 heterocycles. The molecule has 0 fully saturated rings. The normalized spacial score (nSPS) is 17.9.